The Morgan fingerprint density at radius 3 is 1.61 bits per heavy atom. The molecule has 13 rings (SSSR count). The molecule has 0 amide bonds. The Kier molecular flexibility index (Phi) is 6.85. The fourth-order valence-corrected chi connectivity index (χ4v) is 10.6. The van der Waals surface area contributed by atoms with Gasteiger partial charge < -0.3 is 4.57 Å². The van der Waals surface area contributed by atoms with Crippen LogP contribution in [0.5, 0.6) is 0 Å². The zero-order valence-corrected chi connectivity index (χ0v) is 32.5. The number of aromatic nitrogens is 4. The highest BCUT2D eigenvalue weighted by Crippen LogP contribution is 2.47. The smallest absolute Gasteiger partial charge is 0.235 e. The SMILES string of the molecule is c1ccc(-c2ccc3cc(-c4nc(-n5c6ccccc6c6ccc7sc8ccc9c%10ccccc%10n(-c%10ccccc%10)c9c8c7c65)nc5ccccc45)ccc3c2)cc1. The summed E-state index contributed by atoms with van der Waals surface area (Å²) in [7, 11) is 0. The average molecular weight is 769 g/mol. The second-order valence-electron chi connectivity index (χ2n) is 15.3. The van der Waals surface area contributed by atoms with Gasteiger partial charge in [0.2, 0.25) is 5.95 Å². The molecule has 0 aliphatic heterocycles. The van der Waals surface area contributed by atoms with Crippen LogP contribution in [0.3, 0.4) is 0 Å². The molecule has 0 aliphatic carbocycles. The van der Waals surface area contributed by atoms with Crippen molar-refractivity contribution in [3.05, 3.63) is 194 Å². The van der Waals surface area contributed by atoms with E-state index in [9.17, 15) is 0 Å². The lowest BCUT2D eigenvalue weighted by molar-refractivity contribution is 1.02. The first kappa shape index (κ1) is 32.5. The highest BCUT2D eigenvalue weighted by Gasteiger charge is 2.24. The number of benzene rings is 9. The number of nitrogens with zero attached hydrogens (tertiary/aromatic N) is 4. The summed E-state index contributed by atoms with van der Waals surface area (Å²) in [6.45, 7) is 0. The van der Waals surface area contributed by atoms with E-state index in [1.165, 1.54) is 74.6 Å². The van der Waals surface area contributed by atoms with Crippen LogP contribution in [0, 0.1) is 0 Å². The van der Waals surface area contributed by atoms with Gasteiger partial charge in [0.15, 0.2) is 0 Å². The maximum Gasteiger partial charge on any atom is 0.235 e. The predicted octanol–water partition coefficient (Wildman–Crippen LogP) is 14.7. The lowest BCUT2D eigenvalue weighted by Gasteiger charge is -2.13. The summed E-state index contributed by atoms with van der Waals surface area (Å²) in [5, 5.41) is 10.7. The number of thiophene rings is 1. The van der Waals surface area contributed by atoms with E-state index >= 15 is 0 Å². The molecule has 0 aliphatic rings. The van der Waals surface area contributed by atoms with Gasteiger partial charge in [0.05, 0.1) is 33.3 Å². The van der Waals surface area contributed by atoms with Gasteiger partial charge in [-0.1, -0.05) is 140 Å². The van der Waals surface area contributed by atoms with Gasteiger partial charge in [0.1, 0.15) is 0 Å². The highest BCUT2D eigenvalue weighted by molar-refractivity contribution is 7.26. The second kappa shape index (κ2) is 12.4. The van der Waals surface area contributed by atoms with Crippen molar-refractivity contribution >= 4 is 96.8 Å². The van der Waals surface area contributed by atoms with Crippen LogP contribution in [-0.4, -0.2) is 19.1 Å². The van der Waals surface area contributed by atoms with Gasteiger partial charge in [0.25, 0.3) is 0 Å². The van der Waals surface area contributed by atoms with Crippen molar-refractivity contribution in [2.75, 3.05) is 0 Å². The quantitative estimate of drug-likeness (QED) is 0.179. The fourth-order valence-electron chi connectivity index (χ4n) is 9.49. The fraction of sp³-hybridized carbons (Fsp3) is 0. The van der Waals surface area contributed by atoms with Crippen molar-refractivity contribution in [1.82, 2.24) is 19.1 Å². The van der Waals surface area contributed by atoms with Crippen LogP contribution in [0.2, 0.25) is 0 Å². The molecule has 5 heteroatoms. The molecule has 0 saturated heterocycles. The van der Waals surface area contributed by atoms with E-state index in [-0.39, 0.29) is 0 Å². The first-order chi connectivity index (χ1) is 29.3. The summed E-state index contributed by atoms with van der Waals surface area (Å²) in [6, 6.07) is 69.9. The Morgan fingerprint density at radius 1 is 0.373 bits per heavy atom. The molecule has 59 heavy (non-hydrogen) atoms. The van der Waals surface area contributed by atoms with Gasteiger partial charge in [-0.2, -0.15) is 0 Å². The minimum absolute atomic E-state index is 0.659. The van der Waals surface area contributed by atoms with Crippen LogP contribution < -0.4 is 0 Å². The largest absolute Gasteiger partial charge is 0.309 e. The topological polar surface area (TPSA) is 35.6 Å². The maximum atomic E-state index is 5.57. The van der Waals surface area contributed by atoms with Gasteiger partial charge in [-0.3, -0.25) is 4.57 Å². The zero-order valence-electron chi connectivity index (χ0n) is 31.7. The molecule has 0 radical (unpaired) electrons. The third kappa shape index (κ3) is 4.77. The molecule has 0 fully saturated rings. The van der Waals surface area contributed by atoms with Gasteiger partial charge >= 0.3 is 0 Å². The summed E-state index contributed by atoms with van der Waals surface area (Å²) < 4.78 is 7.28. The van der Waals surface area contributed by atoms with Crippen molar-refractivity contribution in [1.29, 1.82) is 0 Å². The molecule has 0 spiro atoms. The summed E-state index contributed by atoms with van der Waals surface area (Å²) in [4.78, 5) is 11.0. The van der Waals surface area contributed by atoms with E-state index in [2.05, 4.69) is 203 Å². The summed E-state index contributed by atoms with van der Waals surface area (Å²) in [6.07, 6.45) is 0. The average Bonchev–Trinajstić information content (AvgIpc) is 3.96. The summed E-state index contributed by atoms with van der Waals surface area (Å²) in [5.41, 5.74) is 11.1. The zero-order chi connectivity index (χ0) is 38.6. The Bertz CT molecular complexity index is 3840. The first-order valence-electron chi connectivity index (χ1n) is 20.0. The van der Waals surface area contributed by atoms with Gasteiger partial charge in [-0.05, 0) is 76.5 Å². The van der Waals surface area contributed by atoms with Crippen LogP contribution in [0.15, 0.2) is 194 Å². The molecule has 0 saturated carbocycles. The third-order valence-electron chi connectivity index (χ3n) is 12.1. The Hall–Kier alpha value is -7.60. The van der Waals surface area contributed by atoms with Crippen molar-refractivity contribution in [2.45, 2.75) is 0 Å². The minimum Gasteiger partial charge on any atom is -0.309 e. The molecular formula is C54H32N4S. The molecule has 0 atom stereocenters. The van der Waals surface area contributed by atoms with Crippen LogP contribution in [0.25, 0.3) is 119 Å². The van der Waals surface area contributed by atoms with Crippen molar-refractivity contribution in [2.24, 2.45) is 0 Å². The standard InChI is InChI=1S/C54H32N4S/c1-3-13-33(14-4-1)34-23-24-36-32-37(26-25-35(36)31-34)51-43-19-7-10-20-44(43)55-54(56-51)58-46-22-12-9-18-40(46)42-28-30-48-50(53(42)58)49-47(59-48)29-27-41-39-17-8-11-21-45(39)57(52(41)49)38-15-5-2-6-16-38/h1-32H. The Balaban J connectivity index is 1.13. The summed E-state index contributed by atoms with van der Waals surface area (Å²) >= 11 is 1.85. The lowest BCUT2D eigenvalue weighted by Crippen LogP contribution is -2.03. The number of rotatable bonds is 4. The number of para-hydroxylation sites is 4. The number of fused-ring (bicyclic) bond motifs is 13. The lowest BCUT2D eigenvalue weighted by atomic mass is 9.98. The molecule has 4 nitrogen and oxygen atoms in total. The molecule has 0 bridgehead atoms. The first-order valence-corrected chi connectivity index (χ1v) is 20.8. The van der Waals surface area contributed by atoms with Crippen molar-refractivity contribution < 1.29 is 0 Å². The molecule has 274 valence electrons. The Morgan fingerprint density at radius 2 is 0.915 bits per heavy atom. The van der Waals surface area contributed by atoms with Gasteiger partial charge in [-0.15, -0.1) is 11.3 Å². The van der Waals surface area contributed by atoms with E-state index in [1.807, 2.05) is 11.3 Å². The van der Waals surface area contributed by atoms with E-state index in [4.69, 9.17) is 9.97 Å². The highest BCUT2D eigenvalue weighted by atomic mass is 32.1. The second-order valence-corrected chi connectivity index (χ2v) is 16.4. The normalized spacial score (nSPS) is 12.1. The van der Waals surface area contributed by atoms with Crippen LogP contribution in [0.1, 0.15) is 0 Å². The van der Waals surface area contributed by atoms with Crippen molar-refractivity contribution in [3.8, 4) is 34.0 Å². The third-order valence-corrected chi connectivity index (χ3v) is 13.2. The molecule has 0 N–H and O–H groups in total. The number of hydrogen-bond donors (Lipinski definition) is 0. The monoisotopic (exact) mass is 768 g/mol. The molecule has 0 unspecified atom stereocenters. The summed E-state index contributed by atoms with van der Waals surface area (Å²) in [5.74, 6) is 0.659. The molecule has 13 aromatic rings. The molecule has 9 aromatic carbocycles. The number of hydrogen-bond acceptors (Lipinski definition) is 3. The molecule has 4 heterocycles. The minimum atomic E-state index is 0.659. The molecule has 4 aromatic heterocycles. The predicted molar refractivity (Wildman–Crippen MR) is 249 cm³/mol. The van der Waals surface area contributed by atoms with E-state index < -0.39 is 0 Å². The van der Waals surface area contributed by atoms with E-state index in [0.29, 0.717) is 5.95 Å². The Labute approximate surface area is 342 Å². The van der Waals surface area contributed by atoms with Crippen molar-refractivity contribution in [3.63, 3.8) is 0 Å². The van der Waals surface area contributed by atoms with Crippen LogP contribution in [-0.2, 0) is 0 Å². The van der Waals surface area contributed by atoms with E-state index in [1.54, 1.807) is 0 Å². The van der Waals surface area contributed by atoms with Crippen LogP contribution in [0.4, 0.5) is 0 Å². The maximum absolute atomic E-state index is 5.57. The van der Waals surface area contributed by atoms with Crippen LogP contribution >= 0.6 is 11.3 Å². The van der Waals surface area contributed by atoms with Gasteiger partial charge in [0, 0.05) is 58.4 Å². The van der Waals surface area contributed by atoms with Gasteiger partial charge in [-0.25, -0.2) is 9.97 Å². The van der Waals surface area contributed by atoms with E-state index in [0.717, 1.165) is 38.9 Å². The molecular weight excluding hydrogens is 737 g/mol.